The molecule has 0 aliphatic carbocycles. The fourth-order valence-corrected chi connectivity index (χ4v) is 2.70. The first-order valence-corrected chi connectivity index (χ1v) is 8.82. The Kier molecular flexibility index (Phi) is 7.30. The van der Waals surface area contributed by atoms with E-state index in [1.807, 2.05) is 0 Å². The zero-order valence-corrected chi connectivity index (χ0v) is 16.1. The Hall–Kier alpha value is -2.24. The quantitative estimate of drug-likeness (QED) is 0.703. The summed E-state index contributed by atoms with van der Waals surface area (Å²) >= 11 is 11.9. The van der Waals surface area contributed by atoms with Gasteiger partial charge in [-0.25, -0.2) is 0 Å². The Labute approximate surface area is 162 Å². The average molecular weight is 395 g/mol. The number of benzene rings is 2. The molecule has 0 saturated carbocycles. The van der Waals surface area contributed by atoms with Crippen molar-refractivity contribution in [2.24, 2.45) is 0 Å². The van der Waals surface area contributed by atoms with Gasteiger partial charge in [-0.15, -0.1) is 0 Å². The molecule has 0 unspecified atom stereocenters. The predicted molar refractivity (Wildman–Crippen MR) is 104 cm³/mol. The van der Waals surface area contributed by atoms with Gasteiger partial charge in [0, 0.05) is 25.5 Å². The highest BCUT2D eigenvalue weighted by molar-refractivity contribution is 6.35. The van der Waals surface area contributed by atoms with Gasteiger partial charge in [-0.05, 0) is 36.8 Å². The van der Waals surface area contributed by atoms with Crippen molar-refractivity contribution in [3.8, 4) is 5.75 Å². The van der Waals surface area contributed by atoms with Crippen molar-refractivity contribution in [2.45, 2.75) is 12.8 Å². The Morgan fingerprint density at radius 2 is 1.85 bits per heavy atom. The van der Waals surface area contributed by atoms with Crippen LogP contribution >= 0.6 is 23.2 Å². The normalized spacial score (nSPS) is 10.3. The number of halogens is 2. The number of nitrogens with zero attached hydrogens (tertiary/aromatic N) is 1. The van der Waals surface area contributed by atoms with Crippen LogP contribution in [0.5, 0.6) is 5.75 Å². The fourth-order valence-electron chi connectivity index (χ4n) is 2.24. The summed E-state index contributed by atoms with van der Waals surface area (Å²) in [4.78, 5) is 25.8. The molecular weight excluding hydrogens is 375 g/mol. The zero-order chi connectivity index (χ0) is 19.1. The third-order valence-corrected chi connectivity index (χ3v) is 4.07. The summed E-state index contributed by atoms with van der Waals surface area (Å²) in [5, 5.41) is 3.74. The van der Waals surface area contributed by atoms with E-state index in [-0.39, 0.29) is 18.2 Å². The second kappa shape index (κ2) is 9.46. The number of hydrogen-bond donors (Lipinski definition) is 1. The lowest BCUT2D eigenvalue weighted by atomic mass is 10.1. The van der Waals surface area contributed by atoms with Crippen molar-refractivity contribution >= 4 is 40.7 Å². The minimum Gasteiger partial charge on any atom is -0.492 e. The van der Waals surface area contributed by atoms with E-state index in [4.69, 9.17) is 27.9 Å². The number of anilines is 1. The molecule has 7 heteroatoms. The van der Waals surface area contributed by atoms with Gasteiger partial charge < -0.3 is 15.0 Å². The topological polar surface area (TPSA) is 58.6 Å². The van der Waals surface area contributed by atoms with Gasteiger partial charge in [0.2, 0.25) is 5.91 Å². The Bertz CT molecular complexity index is 794. The maximum absolute atomic E-state index is 12.2. The summed E-state index contributed by atoms with van der Waals surface area (Å²) in [5.74, 6) is 0.176. The second-order valence-corrected chi connectivity index (χ2v) is 6.66. The Balaban J connectivity index is 1.85. The van der Waals surface area contributed by atoms with Crippen molar-refractivity contribution in [3.63, 3.8) is 0 Å². The zero-order valence-electron chi connectivity index (χ0n) is 14.6. The third-order valence-electron chi connectivity index (χ3n) is 3.54. The monoisotopic (exact) mass is 394 g/mol. The summed E-state index contributed by atoms with van der Waals surface area (Å²) in [6.45, 7) is 0.340. The highest BCUT2D eigenvalue weighted by Crippen LogP contribution is 2.27. The van der Waals surface area contributed by atoms with Crippen LogP contribution in [0.15, 0.2) is 42.5 Å². The van der Waals surface area contributed by atoms with Crippen molar-refractivity contribution in [2.75, 3.05) is 26.0 Å². The summed E-state index contributed by atoms with van der Waals surface area (Å²) in [5.41, 5.74) is 0.952. The molecule has 0 radical (unpaired) electrons. The molecule has 2 amide bonds. The van der Waals surface area contributed by atoms with Gasteiger partial charge in [-0.2, -0.15) is 0 Å². The van der Waals surface area contributed by atoms with E-state index < -0.39 is 0 Å². The van der Waals surface area contributed by atoms with Crippen LogP contribution in [0.4, 0.5) is 5.69 Å². The lowest BCUT2D eigenvalue weighted by Crippen LogP contribution is -2.24. The second-order valence-electron chi connectivity index (χ2n) is 5.82. The molecule has 2 aromatic rings. The van der Waals surface area contributed by atoms with Gasteiger partial charge in [0.25, 0.3) is 5.91 Å². The first-order chi connectivity index (χ1) is 12.4. The molecule has 26 heavy (non-hydrogen) atoms. The van der Waals surface area contributed by atoms with Crippen LogP contribution in [0.1, 0.15) is 23.2 Å². The third kappa shape index (κ3) is 5.64. The number of amides is 2. The average Bonchev–Trinajstić information content (AvgIpc) is 2.60. The number of carbonyl (C=O) groups excluding carboxylic acids is 2. The molecule has 0 bridgehead atoms. The SMILES string of the molecule is CN(C)C(=O)c1ccccc1NC(=O)CCCOc1ccc(Cl)cc1Cl. The molecule has 2 aromatic carbocycles. The van der Waals surface area contributed by atoms with Crippen LogP contribution in [0.2, 0.25) is 10.0 Å². The molecular formula is C19H20Cl2N2O3. The van der Waals surface area contributed by atoms with Crippen LogP contribution < -0.4 is 10.1 Å². The van der Waals surface area contributed by atoms with Crippen LogP contribution in [-0.4, -0.2) is 37.4 Å². The summed E-state index contributed by atoms with van der Waals surface area (Å²) in [6, 6.07) is 11.9. The van der Waals surface area contributed by atoms with E-state index in [1.165, 1.54) is 4.90 Å². The van der Waals surface area contributed by atoms with Gasteiger partial charge in [0.1, 0.15) is 5.75 Å². The maximum atomic E-state index is 12.2. The van der Waals surface area contributed by atoms with Gasteiger partial charge in [0.15, 0.2) is 0 Å². The van der Waals surface area contributed by atoms with Gasteiger partial charge >= 0.3 is 0 Å². The Morgan fingerprint density at radius 3 is 2.54 bits per heavy atom. The number of hydrogen-bond acceptors (Lipinski definition) is 3. The van der Waals surface area contributed by atoms with Crippen molar-refractivity contribution < 1.29 is 14.3 Å². The number of ether oxygens (including phenoxy) is 1. The number of nitrogens with one attached hydrogen (secondary N) is 1. The lowest BCUT2D eigenvalue weighted by Gasteiger charge is -2.14. The van der Waals surface area contributed by atoms with Crippen molar-refractivity contribution in [1.29, 1.82) is 0 Å². The standard InChI is InChI=1S/C19H20Cl2N2O3/c1-23(2)19(25)14-6-3-4-7-16(14)22-18(24)8-5-11-26-17-10-9-13(20)12-15(17)21/h3-4,6-7,9-10,12H,5,8,11H2,1-2H3,(H,22,24). The molecule has 0 aliphatic heterocycles. The fraction of sp³-hybridized carbons (Fsp3) is 0.263. The molecule has 5 nitrogen and oxygen atoms in total. The van der Waals surface area contributed by atoms with Gasteiger partial charge in [-0.3, -0.25) is 9.59 Å². The number of carbonyl (C=O) groups is 2. The van der Waals surface area contributed by atoms with Crippen molar-refractivity contribution in [1.82, 2.24) is 4.90 Å². The van der Waals surface area contributed by atoms with Crippen LogP contribution in [-0.2, 0) is 4.79 Å². The summed E-state index contributed by atoms with van der Waals surface area (Å²) < 4.78 is 5.55. The molecule has 0 fully saturated rings. The Morgan fingerprint density at radius 1 is 1.12 bits per heavy atom. The molecule has 0 spiro atoms. The maximum Gasteiger partial charge on any atom is 0.255 e. The van der Waals surface area contributed by atoms with Crippen LogP contribution in [0.25, 0.3) is 0 Å². The van der Waals surface area contributed by atoms with Gasteiger partial charge in [0.05, 0.1) is 22.9 Å². The molecule has 0 saturated heterocycles. The molecule has 2 rings (SSSR count). The predicted octanol–water partition coefficient (Wildman–Crippen LogP) is 4.49. The molecule has 0 heterocycles. The molecule has 138 valence electrons. The van der Waals surface area contributed by atoms with E-state index in [9.17, 15) is 9.59 Å². The first-order valence-electron chi connectivity index (χ1n) is 8.07. The molecule has 0 atom stereocenters. The highest BCUT2D eigenvalue weighted by Gasteiger charge is 2.14. The summed E-state index contributed by atoms with van der Waals surface area (Å²) in [6.07, 6.45) is 0.768. The largest absolute Gasteiger partial charge is 0.492 e. The lowest BCUT2D eigenvalue weighted by molar-refractivity contribution is -0.116. The van der Waals surface area contributed by atoms with E-state index >= 15 is 0 Å². The minimum atomic E-state index is -0.185. The molecule has 0 aromatic heterocycles. The van der Waals surface area contributed by atoms with E-state index in [0.29, 0.717) is 40.1 Å². The summed E-state index contributed by atoms with van der Waals surface area (Å²) in [7, 11) is 3.33. The smallest absolute Gasteiger partial charge is 0.255 e. The number of rotatable bonds is 7. The van der Waals surface area contributed by atoms with Crippen molar-refractivity contribution in [3.05, 3.63) is 58.1 Å². The highest BCUT2D eigenvalue weighted by atomic mass is 35.5. The van der Waals surface area contributed by atoms with Crippen LogP contribution in [0.3, 0.4) is 0 Å². The minimum absolute atomic E-state index is 0.165. The van der Waals surface area contributed by atoms with Gasteiger partial charge in [-0.1, -0.05) is 35.3 Å². The molecule has 0 aliphatic rings. The van der Waals surface area contributed by atoms with E-state index in [1.54, 1.807) is 56.6 Å². The van der Waals surface area contributed by atoms with E-state index in [2.05, 4.69) is 5.32 Å². The van der Waals surface area contributed by atoms with E-state index in [0.717, 1.165) is 0 Å². The van der Waals surface area contributed by atoms with Crippen LogP contribution in [0, 0.1) is 0 Å². The molecule has 1 N–H and O–H groups in total. The first kappa shape index (κ1) is 20.1. The number of para-hydroxylation sites is 1.